The van der Waals surface area contributed by atoms with Gasteiger partial charge in [0.15, 0.2) is 5.78 Å². The van der Waals surface area contributed by atoms with Crippen molar-refractivity contribution in [3.05, 3.63) is 132 Å². The molecule has 204 valence electrons. The summed E-state index contributed by atoms with van der Waals surface area (Å²) in [7, 11) is 0. The van der Waals surface area contributed by atoms with Crippen LogP contribution in [0.3, 0.4) is 0 Å². The van der Waals surface area contributed by atoms with Crippen LogP contribution in [0.2, 0.25) is 5.02 Å². The van der Waals surface area contributed by atoms with Crippen molar-refractivity contribution in [1.82, 2.24) is 19.1 Å². The Morgan fingerprint density at radius 3 is 2.61 bits per heavy atom. The average Bonchev–Trinajstić information content (AvgIpc) is 3.57. The highest BCUT2D eigenvalue weighted by molar-refractivity contribution is 9.10. The van der Waals surface area contributed by atoms with Crippen molar-refractivity contribution in [2.24, 2.45) is 0 Å². The molecule has 9 heteroatoms. The summed E-state index contributed by atoms with van der Waals surface area (Å²) < 4.78 is 4.28. The van der Waals surface area contributed by atoms with Gasteiger partial charge in [0.25, 0.3) is 11.5 Å². The molecular formula is C32H24BrClN4O3. The third kappa shape index (κ3) is 4.42. The molecular weight excluding hydrogens is 604 g/mol. The molecule has 1 amide bonds. The topological polar surface area (TPSA) is 76.7 Å². The number of hydrogen-bond donors (Lipinski definition) is 0. The molecule has 0 saturated carbocycles. The van der Waals surface area contributed by atoms with E-state index in [0.29, 0.717) is 65.4 Å². The largest absolute Gasteiger partial charge is 0.332 e. The average molecular weight is 628 g/mol. The number of aryl methyl sites for hydroxylation is 1. The second kappa shape index (κ2) is 10.1. The van der Waals surface area contributed by atoms with Gasteiger partial charge in [-0.05, 0) is 76.3 Å². The molecule has 7 rings (SSSR count). The number of carbonyl (C=O) groups excluding carboxylic acids is 2. The minimum absolute atomic E-state index is 0.120. The Kier molecular flexibility index (Phi) is 6.40. The number of nitrogens with zero attached hydrogens (tertiary/aromatic N) is 4. The molecule has 3 aromatic carbocycles. The van der Waals surface area contributed by atoms with Crippen molar-refractivity contribution in [1.29, 1.82) is 0 Å². The number of rotatable bonds is 4. The molecule has 3 heterocycles. The molecule has 0 radical (unpaired) electrons. The summed E-state index contributed by atoms with van der Waals surface area (Å²) in [5, 5.41) is 5.23. The summed E-state index contributed by atoms with van der Waals surface area (Å²) in [6.07, 6.45) is 3.96. The number of Topliss-reactive ketones (excluding diaryl/α,β-unsaturated/α-hetero) is 1. The molecule has 1 aliphatic heterocycles. The first kappa shape index (κ1) is 25.9. The Bertz CT molecular complexity index is 1950. The van der Waals surface area contributed by atoms with Crippen LogP contribution in [-0.4, -0.2) is 37.3 Å². The molecule has 5 aromatic rings. The molecule has 2 aromatic heterocycles. The zero-order valence-corrected chi connectivity index (χ0v) is 24.3. The van der Waals surface area contributed by atoms with E-state index in [2.05, 4.69) is 28.1 Å². The highest BCUT2D eigenvalue weighted by Crippen LogP contribution is 2.29. The van der Waals surface area contributed by atoms with E-state index in [1.807, 2.05) is 47.1 Å². The smallest absolute Gasteiger partial charge is 0.261 e. The maximum absolute atomic E-state index is 14.3. The van der Waals surface area contributed by atoms with Crippen LogP contribution in [-0.2, 0) is 25.8 Å². The van der Waals surface area contributed by atoms with Crippen molar-refractivity contribution in [2.75, 3.05) is 6.54 Å². The van der Waals surface area contributed by atoms with Gasteiger partial charge in [0, 0.05) is 46.1 Å². The molecule has 0 spiro atoms. The second-order valence-corrected chi connectivity index (χ2v) is 11.8. The fourth-order valence-corrected chi connectivity index (χ4v) is 6.39. The van der Waals surface area contributed by atoms with Crippen LogP contribution < -0.4 is 5.56 Å². The van der Waals surface area contributed by atoms with Gasteiger partial charge in [0.05, 0.1) is 29.1 Å². The lowest BCUT2D eigenvalue weighted by molar-refractivity contribution is 0.0729. The number of fused-ring (bicyclic) bond motifs is 4. The molecule has 0 atom stereocenters. The summed E-state index contributed by atoms with van der Waals surface area (Å²) in [4.78, 5) is 41.8. The predicted octanol–water partition coefficient (Wildman–Crippen LogP) is 5.82. The SMILES string of the molecule is O=C1CCc2cc(-n3c(=O)c4c(n5ncc(Cc6ccccc6)c35)CN(C(=O)c3ccc(Br)c(Cl)c3)CC4)ccc21. The monoisotopic (exact) mass is 626 g/mol. The van der Waals surface area contributed by atoms with Gasteiger partial charge in [-0.2, -0.15) is 5.10 Å². The van der Waals surface area contributed by atoms with Gasteiger partial charge in [0.2, 0.25) is 0 Å². The standard InChI is InChI=1S/C32H24BrClN4O3/c33-26-10-6-21(16-27(26)34)31(40)36-13-12-25-28(18-36)38-30(22(17-35-38)14-19-4-2-1-3-5-19)37(32(25)41)23-8-9-24-20(15-23)7-11-29(24)39/h1-6,8-10,15-17H,7,11-14,18H2. The first-order valence-electron chi connectivity index (χ1n) is 13.5. The zero-order valence-electron chi connectivity index (χ0n) is 21.9. The summed E-state index contributed by atoms with van der Waals surface area (Å²) in [6, 6.07) is 20.9. The quantitative estimate of drug-likeness (QED) is 0.252. The lowest BCUT2D eigenvalue weighted by atomic mass is 10.0. The van der Waals surface area contributed by atoms with Crippen LogP contribution >= 0.6 is 27.5 Å². The number of carbonyl (C=O) groups is 2. The Morgan fingerprint density at radius 1 is 0.976 bits per heavy atom. The highest BCUT2D eigenvalue weighted by Gasteiger charge is 2.30. The van der Waals surface area contributed by atoms with Crippen molar-refractivity contribution >= 4 is 44.9 Å². The van der Waals surface area contributed by atoms with E-state index in [1.165, 1.54) is 0 Å². The van der Waals surface area contributed by atoms with E-state index < -0.39 is 0 Å². The summed E-state index contributed by atoms with van der Waals surface area (Å²) in [5.41, 5.74) is 6.80. The number of hydrogen-bond acceptors (Lipinski definition) is 4. The molecule has 0 N–H and O–H groups in total. The van der Waals surface area contributed by atoms with Gasteiger partial charge in [-0.25, -0.2) is 4.52 Å². The Labute approximate surface area is 249 Å². The first-order chi connectivity index (χ1) is 19.9. The van der Waals surface area contributed by atoms with E-state index in [4.69, 9.17) is 16.7 Å². The summed E-state index contributed by atoms with van der Waals surface area (Å²) in [5.74, 6) is -0.0113. The van der Waals surface area contributed by atoms with Gasteiger partial charge in [-0.15, -0.1) is 0 Å². The number of aromatic nitrogens is 3. The van der Waals surface area contributed by atoms with Crippen molar-refractivity contribution in [2.45, 2.75) is 32.2 Å². The summed E-state index contributed by atoms with van der Waals surface area (Å²) in [6.45, 7) is 0.649. The molecule has 0 bridgehead atoms. The first-order valence-corrected chi connectivity index (χ1v) is 14.6. The van der Waals surface area contributed by atoms with Gasteiger partial charge in [0.1, 0.15) is 5.65 Å². The van der Waals surface area contributed by atoms with Crippen LogP contribution in [0.5, 0.6) is 0 Å². The Hall–Kier alpha value is -4.01. The van der Waals surface area contributed by atoms with E-state index in [0.717, 1.165) is 26.7 Å². The lowest BCUT2D eigenvalue weighted by Crippen LogP contribution is -2.41. The number of benzene rings is 3. The number of halogens is 2. The third-order valence-corrected chi connectivity index (χ3v) is 9.26. The Morgan fingerprint density at radius 2 is 1.80 bits per heavy atom. The normalized spacial score (nSPS) is 14.4. The second-order valence-electron chi connectivity index (χ2n) is 10.5. The van der Waals surface area contributed by atoms with E-state index >= 15 is 0 Å². The zero-order chi connectivity index (χ0) is 28.2. The van der Waals surface area contributed by atoms with E-state index in [9.17, 15) is 14.4 Å². The van der Waals surface area contributed by atoms with Crippen LogP contribution in [0, 0.1) is 0 Å². The van der Waals surface area contributed by atoms with E-state index in [1.54, 1.807) is 27.7 Å². The van der Waals surface area contributed by atoms with Crippen LogP contribution in [0.4, 0.5) is 0 Å². The van der Waals surface area contributed by atoms with Gasteiger partial charge < -0.3 is 4.90 Å². The Balaban J connectivity index is 1.38. The molecule has 0 saturated heterocycles. The maximum atomic E-state index is 14.3. The minimum Gasteiger partial charge on any atom is -0.332 e. The van der Waals surface area contributed by atoms with Gasteiger partial charge >= 0.3 is 0 Å². The number of ketones is 1. The summed E-state index contributed by atoms with van der Waals surface area (Å²) >= 11 is 9.65. The van der Waals surface area contributed by atoms with Crippen molar-refractivity contribution in [3.63, 3.8) is 0 Å². The molecule has 2 aliphatic rings. The van der Waals surface area contributed by atoms with Gasteiger partial charge in [-0.3, -0.25) is 19.0 Å². The molecule has 0 unspecified atom stereocenters. The lowest BCUT2D eigenvalue weighted by Gasteiger charge is -2.30. The van der Waals surface area contributed by atoms with Crippen molar-refractivity contribution < 1.29 is 9.59 Å². The molecule has 7 nitrogen and oxygen atoms in total. The molecule has 0 fully saturated rings. The third-order valence-electron chi connectivity index (χ3n) is 8.03. The molecule has 41 heavy (non-hydrogen) atoms. The number of amides is 1. The maximum Gasteiger partial charge on any atom is 0.261 e. The highest BCUT2D eigenvalue weighted by atomic mass is 79.9. The van der Waals surface area contributed by atoms with Crippen LogP contribution in [0.25, 0.3) is 11.3 Å². The van der Waals surface area contributed by atoms with Crippen LogP contribution in [0.1, 0.15) is 55.1 Å². The molecule has 1 aliphatic carbocycles. The van der Waals surface area contributed by atoms with E-state index in [-0.39, 0.29) is 23.8 Å². The fourth-order valence-electron chi connectivity index (χ4n) is 5.96. The minimum atomic E-state index is -0.151. The van der Waals surface area contributed by atoms with Gasteiger partial charge in [-0.1, -0.05) is 41.9 Å². The fraction of sp³-hybridized carbons (Fsp3) is 0.188. The van der Waals surface area contributed by atoms with Crippen LogP contribution in [0.15, 0.2) is 82.2 Å². The predicted molar refractivity (Wildman–Crippen MR) is 160 cm³/mol. The van der Waals surface area contributed by atoms with Crippen molar-refractivity contribution in [3.8, 4) is 5.69 Å².